The van der Waals surface area contributed by atoms with Crippen molar-refractivity contribution >= 4 is 12.3 Å². The Kier molecular flexibility index (Phi) is 4.38. The lowest BCUT2D eigenvalue weighted by Gasteiger charge is -2.24. The second-order valence-electron chi connectivity index (χ2n) is 3.63. The first-order chi connectivity index (χ1) is 5.89. The quantitative estimate of drug-likeness (QED) is 0.372. The molecular weight excluding hydrogens is 168 g/mol. The number of aldehydes is 1. The molecule has 0 N–H and O–H groups in total. The van der Waals surface area contributed by atoms with Gasteiger partial charge in [-0.15, -0.1) is 0 Å². The first-order valence-corrected chi connectivity index (χ1v) is 4.21. The number of rotatable bonds is 5. The van der Waals surface area contributed by atoms with Crippen molar-refractivity contribution in [2.45, 2.75) is 39.2 Å². The van der Waals surface area contributed by atoms with Crippen LogP contribution < -0.4 is 0 Å². The zero-order valence-corrected chi connectivity index (χ0v) is 8.42. The van der Waals surface area contributed by atoms with E-state index in [1.54, 1.807) is 20.8 Å². The minimum absolute atomic E-state index is 0.374. The van der Waals surface area contributed by atoms with Crippen LogP contribution in [0.25, 0.3) is 0 Å². The van der Waals surface area contributed by atoms with Gasteiger partial charge in [-0.25, -0.2) is 4.79 Å². The molecule has 0 radical (unpaired) electrons. The fraction of sp³-hybridized carbons (Fsp3) is 0.600. The fourth-order valence-corrected chi connectivity index (χ4v) is 0.796. The highest BCUT2D eigenvalue weighted by Crippen LogP contribution is 2.17. The van der Waals surface area contributed by atoms with Crippen molar-refractivity contribution in [1.82, 2.24) is 0 Å². The third-order valence-electron chi connectivity index (χ3n) is 1.58. The van der Waals surface area contributed by atoms with Gasteiger partial charge >= 0.3 is 5.97 Å². The summed E-state index contributed by atoms with van der Waals surface area (Å²) in [7, 11) is 0. The van der Waals surface area contributed by atoms with Crippen LogP contribution in [-0.2, 0) is 14.3 Å². The van der Waals surface area contributed by atoms with E-state index in [2.05, 4.69) is 6.58 Å². The number of esters is 1. The van der Waals surface area contributed by atoms with Gasteiger partial charge in [0, 0.05) is 12.0 Å². The van der Waals surface area contributed by atoms with E-state index in [-0.39, 0.29) is 0 Å². The van der Waals surface area contributed by atoms with E-state index in [1.165, 1.54) is 0 Å². The predicted octanol–water partition coefficient (Wildman–Crippen LogP) is 1.86. The first-order valence-electron chi connectivity index (χ1n) is 4.21. The molecule has 0 spiro atoms. The minimum Gasteiger partial charge on any atom is -0.456 e. The Labute approximate surface area is 78.8 Å². The third kappa shape index (κ3) is 5.17. The van der Waals surface area contributed by atoms with Crippen LogP contribution in [0.4, 0.5) is 0 Å². The van der Waals surface area contributed by atoms with Crippen molar-refractivity contribution in [3.63, 3.8) is 0 Å². The van der Waals surface area contributed by atoms with Crippen molar-refractivity contribution < 1.29 is 14.3 Å². The highest BCUT2D eigenvalue weighted by molar-refractivity contribution is 5.87. The summed E-state index contributed by atoms with van der Waals surface area (Å²) >= 11 is 0. The number of carbonyl (C=O) groups is 2. The minimum atomic E-state index is -0.586. The molecule has 13 heavy (non-hydrogen) atoms. The standard InChI is InChI=1S/C10H16O3/c1-8(2)9(12)13-10(3,4)6-5-7-11/h7H,1,5-6H2,2-4H3. The van der Waals surface area contributed by atoms with Crippen molar-refractivity contribution in [2.24, 2.45) is 0 Å². The van der Waals surface area contributed by atoms with E-state index < -0.39 is 11.6 Å². The summed E-state index contributed by atoms with van der Waals surface area (Å²) in [6.07, 6.45) is 1.75. The van der Waals surface area contributed by atoms with Crippen LogP contribution in [-0.4, -0.2) is 17.9 Å². The van der Waals surface area contributed by atoms with Gasteiger partial charge in [0.15, 0.2) is 0 Å². The van der Waals surface area contributed by atoms with Gasteiger partial charge < -0.3 is 9.53 Å². The highest BCUT2D eigenvalue weighted by atomic mass is 16.6. The first kappa shape index (κ1) is 11.9. The Bertz CT molecular complexity index is 216. The van der Waals surface area contributed by atoms with Gasteiger partial charge in [-0.1, -0.05) is 6.58 Å². The lowest BCUT2D eigenvalue weighted by molar-refractivity contribution is -0.152. The monoisotopic (exact) mass is 184 g/mol. The normalized spacial score (nSPS) is 10.7. The lowest BCUT2D eigenvalue weighted by Crippen LogP contribution is -2.28. The molecule has 0 aliphatic heterocycles. The van der Waals surface area contributed by atoms with Gasteiger partial charge in [-0.2, -0.15) is 0 Å². The van der Waals surface area contributed by atoms with E-state index >= 15 is 0 Å². The van der Waals surface area contributed by atoms with Crippen LogP contribution in [0.15, 0.2) is 12.2 Å². The highest BCUT2D eigenvalue weighted by Gasteiger charge is 2.22. The SMILES string of the molecule is C=C(C)C(=O)OC(C)(C)CCC=O. The van der Waals surface area contributed by atoms with Crippen molar-refractivity contribution in [3.05, 3.63) is 12.2 Å². The van der Waals surface area contributed by atoms with Crippen molar-refractivity contribution in [2.75, 3.05) is 0 Å². The maximum absolute atomic E-state index is 11.1. The largest absolute Gasteiger partial charge is 0.456 e. The third-order valence-corrected chi connectivity index (χ3v) is 1.58. The van der Waals surface area contributed by atoms with Crippen LogP contribution in [0.3, 0.4) is 0 Å². The molecular formula is C10H16O3. The summed E-state index contributed by atoms with van der Waals surface area (Å²) in [6, 6.07) is 0. The molecule has 0 saturated carbocycles. The molecule has 0 aromatic rings. The topological polar surface area (TPSA) is 43.4 Å². The van der Waals surface area contributed by atoms with E-state index in [0.717, 1.165) is 6.29 Å². The summed E-state index contributed by atoms with van der Waals surface area (Å²) in [4.78, 5) is 21.2. The summed E-state index contributed by atoms with van der Waals surface area (Å²) in [6.45, 7) is 8.62. The second-order valence-corrected chi connectivity index (χ2v) is 3.63. The molecule has 0 unspecified atom stereocenters. The molecule has 0 heterocycles. The molecule has 0 fully saturated rings. The molecule has 3 heteroatoms. The molecule has 0 aliphatic rings. The van der Waals surface area contributed by atoms with Crippen LogP contribution in [0, 0.1) is 0 Å². The molecule has 0 aromatic heterocycles. The molecule has 3 nitrogen and oxygen atoms in total. The smallest absolute Gasteiger partial charge is 0.333 e. The zero-order valence-electron chi connectivity index (χ0n) is 8.42. The zero-order chi connectivity index (χ0) is 10.5. The second kappa shape index (κ2) is 4.80. The van der Waals surface area contributed by atoms with Gasteiger partial charge in [-0.3, -0.25) is 0 Å². The summed E-state index contributed by atoms with van der Waals surface area (Å²) in [5, 5.41) is 0. The van der Waals surface area contributed by atoms with Gasteiger partial charge in [-0.05, 0) is 27.2 Å². The number of hydrogen-bond acceptors (Lipinski definition) is 3. The Morgan fingerprint density at radius 1 is 1.54 bits per heavy atom. The summed E-state index contributed by atoms with van der Waals surface area (Å²) in [5.74, 6) is -0.407. The Hall–Kier alpha value is -1.12. The van der Waals surface area contributed by atoms with Crippen LogP contribution >= 0.6 is 0 Å². The molecule has 0 rings (SSSR count). The molecule has 0 aromatic carbocycles. The number of hydrogen-bond donors (Lipinski definition) is 0. The Morgan fingerprint density at radius 2 is 2.08 bits per heavy atom. The van der Waals surface area contributed by atoms with E-state index in [0.29, 0.717) is 18.4 Å². The van der Waals surface area contributed by atoms with Gasteiger partial charge in [0.2, 0.25) is 0 Å². The van der Waals surface area contributed by atoms with E-state index in [4.69, 9.17) is 4.74 Å². The predicted molar refractivity (Wildman–Crippen MR) is 50.3 cm³/mol. The molecule has 0 aliphatic carbocycles. The number of carbonyl (C=O) groups excluding carboxylic acids is 2. The molecule has 74 valence electrons. The van der Waals surface area contributed by atoms with Crippen molar-refractivity contribution in [1.29, 1.82) is 0 Å². The van der Waals surface area contributed by atoms with Crippen molar-refractivity contribution in [3.8, 4) is 0 Å². The summed E-state index contributed by atoms with van der Waals surface area (Å²) in [5.41, 5.74) is -0.212. The Balaban J connectivity index is 4.07. The molecule has 0 atom stereocenters. The molecule has 0 bridgehead atoms. The fourth-order valence-electron chi connectivity index (χ4n) is 0.796. The van der Waals surface area contributed by atoms with E-state index in [1.807, 2.05) is 0 Å². The van der Waals surface area contributed by atoms with Gasteiger partial charge in [0.1, 0.15) is 11.9 Å². The number of ether oxygens (including phenoxy) is 1. The van der Waals surface area contributed by atoms with Crippen LogP contribution in [0.1, 0.15) is 33.6 Å². The van der Waals surface area contributed by atoms with E-state index in [9.17, 15) is 9.59 Å². The van der Waals surface area contributed by atoms with Crippen LogP contribution in [0.5, 0.6) is 0 Å². The average molecular weight is 184 g/mol. The maximum Gasteiger partial charge on any atom is 0.333 e. The lowest BCUT2D eigenvalue weighted by atomic mass is 10.0. The average Bonchev–Trinajstić information content (AvgIpc) is 2.00. The molecule has 0 saturated heterocycles. The van der Waals surface area contributed by atoms with Gasteiger partial charge in [0.25, 0.3) is 0 Å². The van der Waals surface area contributed by atoms with Crippen LogP contribution in [0.2, 0.25) is 0 Å². The van der Waals surface area contributed by atoms with Gasteiger partial charge in [0.05, 0.1) is 0 Å². The summed E-state index contributed by atoms with van der Waals surface area (Å²) < 4.78 is 5.10. The maximum atomic E-state index is 11.1. The molecule has 0 amide bonds. The Morgan fingerprint density at radius 3 is 2.46 bits per heavy atom.